The zero-order valence-corrected chi connectivity index (χ0v) is 36.3. The molecule has 2 aromatic carbocycles. The Balaban J connectivity index is 0.962. The summed E-state index contributed by atoms with van der Waals surface area (Å²) in [6, 6.07) is 11.0. The maximum Gasteiger partial charge on any atom is 0.410 e. The van der Waals surface area contributed by atoms with Gasteiger partial charge in [0.2, 0.25) is 5.91 Å². The van der Waals surface area contributed by atoms with Crippen molar-refractivity contribution in [1.82, 2.24) is 24.5 Å². The van der Waals surface area contributed by atoms with Gasteiger partial charge >= 0.3 is 18.1 Å². The second kappa shape index (κ2) is 21.3. The molecule has 328 valence electrons. The van der Waals surface area contributed by atoms with E-state index in [2.05, 4.69) is 17.1 Å². The van der Waals surface area contributed by atoms with E-state index in [4.69, 9.17) is 21.1 Å². The van der Waals surface area contributed by atoms with Crippen LogP contribution in [-0.2, 0) is 36.7 Å². The third kappa shape index (κ3) is 12.0. The summed E-state index contributed by atoms with van der Waals surface area (Å²) >= 11 is 6.31. The van der Waals surface area contributed by atoms with Gasteiger partial charge < -0.3 is 39.5 Å². The van der Waals surface area contributed by atoms with Gasteiger partial charge in [-0.3, -0.25) is 19.3 Å². The normalized spacial score (nSPS) is 19.2. The lowest BCUT2D eigenvalue weighted by molar-refractivity contribution is -0.145. The zero-order valence-electron chi connectivity index (χ0n) is 35.5. The zero-order chi connectivity index (χ0) is 42.8. The van der Waals surface area contributed by atoms with Crippen LogP contribution in [0.3, 0.4) is 0 Å². The van der Waals surface area contributed by atoms with Crippen molar-refractivity contribution in [2.24, 2.45) is 11.8 Å². The van der Waals surface area contributed by atoms with E-state index in [0.717, 1.165) is 69.4 Å². The predicted molar refractivity (Wildman–Crippen MR) is 229 cm³/mol. The minimum atomic E-state index is -1.11. The number of likely N-dealkylation sites (N-methyl/N-ethyl adjacent to an activating group) is 1. The van der Waals surface area contributed by atoms with Gasteiger partial charge in [0.1, 0.15) is 5.75 Å². The Labute approximate surface area is 359 Å². The summed E-state index contributed by atoms with van der Waals surface area (Å²) < 4.78 is 11.5. The molecule has 0 aromatic heterocycles. The lowest BCUT2D eigenvalue weighted by atomic mass is 9.83. The van der Waals surface area contributed by atoms with Crippen LogP contribution in [0.5, 0.6) is 5.75 Å². The largest absolute Gasteiger partial charge is 0.506 e. The number of nitrogens with one attached hydrogen (secondary N) is 1. The number of phenols is 1. The van der Waals surface area contributed by atoms with Crippen LogP contribution in [0.15, 0.2) is 36.4 Å². The van der Waals surface area contributed by atoms with E-state index >= 15 is 0 Å². The van der Waals surface area contributed by atoms with Gasteiger partial charge in [0.25, 0.3) is 5.91 Å². The number of likely N-dealkylation sites (tertiary alicyclic amines) is 3. The number of anilines is 1. The van der Waals surface area contributed by atoms with E-state index in [0.29, 0.717) is 88.0 Å². The van der Waals surface area contributed by atoms with Gasteiger partial charge in [0.15, 0.2) is 6.10 Å². The SMILES string of the molecule is Cc1cc(C[C@@H](OC(=O)N2CCC(N3CCc4ccccc4NC3=O)CC2)C(=O)N(C)CCC(C)C2CCN(CC(=O)OCCCN3CCCCC3=O)CC2)cc(Cl)c1O. The number of phenolic OH excluding ortho intramolecular Hbond substituents is 1. The van der Waals surface area contributed by atoms with Crippen LogP contribution in [0.2, 0.25) is 5.02 Å². The molecule has 0 spiro atoms. The van der Waals surface area contributed by atoms with Gasteiger partial charge in [0, 0.05) is 70.9 Å². The molecule has 0 bridgehead atoms. The topological polar surface area (TPSA) is 152 Å². The van der Waals surface area contributed by atoms with E-state index in [9.17, 15) is 29.1 Å². The highest BCUT2D eigenvalue weighted by Crippen LogP contribution is 2.31. The Kier molecular flexibility index (Phi) is 16.0. The number of ether oxygens (including phenoxy) is 2. The lowest BCUT2D eigenvalue weighted by Gasteiger charge is -2.38. The predicted octanol–water partition coefficient (Wildman–Crippen LogP) is 6.10. The van der Waals surface area contributed by atoms with Crippen molar-refractivity contribution in [2.45, 2.75) is 96.6 Å². The Morgan fingerprint density at radius 3 is 2.47 bits per heavy atom. The van der Waals surface area contributed by atoms with Gasteiger partial charge in [-0.05, 0) is 118 Å². The molecule has 4 heterocycles. The van der Waals surface area contributed by atoms with Crippen molar-refractivity contribution >= 4 is 47.2 Å². The molecule has 3 saturated heterocycles. The van der Waals surface area contributed by atoms with Crippen molar-refractivity contribution in [3.8, 4) is 5.75 Å². The molecule has 2 N–H and O–H groups in total. The fraction of sp³-hybridized carbons (Fsp3) is 0.622. The molecule has 1 unspecified atom stereocenters. The van der Waals surface area contributed by atoms with Crippen LogP contribution in [0, 0.1) is 18.8 Å². The molecule has 4 aliphatic heterocycles. The number of rotatable bonds is 15. The first-order valence-corrected chi connectivity index (χ1v) is 22.2. The minimum absolute atomic E-state index is 0.0276. The summed E-state index contributed by atoms with van der Waals surface area (Å²) in [6.45, 7) is 9.38. The number of urea groups is 1. The number of carbonyl (C=O) groups excluding carboxylic acids is 5. The Morgan fingerprint density at radius 2 is 1.73 bits per heavy atom. The summed E-state index contributed by atoms with van der Waals surface area (Å²) in [7, 11) is 1.74. The molecular formula is C45H63ClN6O8. The van der Waals surface area contributed by atoms with E-state index in [-0.39, 0.29) is 53.6 Å². The summed E-state index contributed by atoms with van der Waals surface area (Å²) in [5.41, 5.74) is 3.16. The quantitative estimate of drug-likeness (QED) is 0.160. The third-order valence-corrected chi connectivity index (χ3v) is 13.2. The van der Waals surface area contributed by atoms with Gasteiger partial charge in [-0.1, -0.05) is 42.8 Å². The fourth-order valence-corrected chi connectivity index (χ4v) is 9.34. The maximum atomic E-state index is 14.1. The van der Waals surface area contributed by atoms with E-state index in [1.807, 2.05) is 34.1 Å². The molecule has 0 radical (unpaired) electrons. The van der Waals surface area contributed by atoms with Crippen molar-refractivity contribution in [2.75, 3.05) is 77.9 Å². The van der Waals surface area contributed by atoms with Gasteiger partial charge in [-0.15, -0.1) is 0 Å². The Bertz CT molecular complexity index is 1810. The van der Waals surface area contributed by atoms with Crippen LogP contribution >= 0.6 is 11.6 Å². The van der Waals surface area contributed by atoms with Gasteiger partial charge in [-0.25, -0.2) is 9.59 Å². The minimum Gasteiger partial charge on any atom is -0.506 e. The standard InChI is InChI=1S/C45H63ClN6O8/c1-31(34-13-21-49(22-14-34)30-41(54)59-26-8-19-50-18-7-6-11-40(50)53)12-20-48(3)43(56)39(29-33-27-32(2)42(55)37(46)28-33)60-45(58)51-23-16-36(17-24-51)52-25-15-35-9-4-5-10-38(35)47-44(52)57/h4-5,9-10,27-28,31,34,36,39,55H,6-8,11-26,29-30H2,1-3H3,(H,47,57)/t31?,39-/m1/s1. The number of benzene rings is 2. The molecule has 3 fully saturated rings. The molecular weight excluding hydrogens is 788 g/mol. The number of esters is 1. The van der Waals surface area contributed by atoms with Crippen molar-refractivity contribution in [3.63, 3.8) is 0 Å². The summed E-state index contributed by atoms with van der Waals surface area (Å²) in [6.07, 6.45) is 6.24. The number of carbonyl (C=O) groups is 5. The molecule has 60 heavy (non-hydrogen) atoms. The second-order valence-corrected chi connectivity index (χ2v) is 17.5. The molecule has 0 saturated carbocycles. The first-order chi connectivity index (χ1) is 28.9. The molecule has 2 aromatic rings. The number of hydrogen-bond donors (Lipinski definition) is 2. The number of fused-ring (bicyclic) bond motifs is 1. The summed E-state index contributed by atoms with van der Waals surface area (Å²) in [5.74, 6) is 0.385. The molecule has 14 nitrogen and oxygen atoms in total. The number of amides is 5. The molecule has 2 atom stereocenters. The Morgan fingerprint density at radius 1 is 0.983 bits per heavy atom. The average Bonchev–Trinajstić information content (AvgIpc) is 3.41. The number of piperidine rings is 3. The van der Waals surface area contributed by atoms with Crippen LogP contribution in [0.25, 0.3) is 0 Å². The number of aryl methyl sites for hydroxylation is 1. The maximum absolute atomic E-state index is 14.1. The summed E-state index contributed by atoms with van der Waals surface area (Å²) in [5, 5.41) is 13.5. The van der Waals surface area contributed by atoms with Crippen LogP contribution < -0.4 is 5.32 Å². The van der Waals surface area contributed by atoms with Gasteiger partial charge in [0.05, 0.1) is 18.2 Å². The monoisotopic (exact) mass is 850 g/mol. The molecule has 15 heteroatoms. The highest BCUT2D eigenvalue weighted by Gasteiger charge is 2.35. The van der Waals surface area contributed by atoms with Crippen molar-refractivity contribution < 1.29 is 38.6 Å². The number of nitrogens with zero attached hydrogens (tertiary/aromatic N) is 5. The van der Waals surface area contributed by atoms with E-state index < -0.39 is 12.2 Å². The average molecular weight is 851 g/mol. The van der Waals surface area contributed by atoms with E-state index in [1.54, 1.807) is 35.9 Å². The van der Waals surface area contributed by atoms with Crippen molar-refractivity contribution in [1.29, 1.82) is 0 Å². The van der Waals surface area contributed by atoms with Crippen molar-refractivity contribution in [3.05, 3.63) is 58.1 Å². The highest BCUT2D eigenvalue weighted by molar-refractivity contribution is 6.32. The number of aromatic hydroxyl groups is 1. The lowest BCUT2D eigenvalue weighted by Crippen LogP contribution is -2.51. The third-order valence-electron chi connectivity index (χ3n) is 12.9. The number of hydrogen-bond acceptors (Lipinski definition) is 9. The fourth-order valence-electron chi connectivity index (χ4n) is 9.05. The second-order valence-electron chi connectivity index (χ2n) is 17.1. The Hall–Kier alpha value is -4.56. The smallest absolute Gasteiger partial charge is 0.410 e. The van der Waals surface area contributed by atoms with Crippen LogP contribution in [0.4, 0.5) is 15.3 Å². The van der Waals surface area contributed by atoms with Gasteiger partial charge in [-0.2, -0.15) is 0 Å². The number of para-hydroxylation sites is 1. The highest BCUT2D eigenvalue weighted by atomic mass is 35.5. The first kappa shape index (κ1) is 45.0. The summed E-state index contributed by atoms with van der Waals surface area (Å²) in [4.78, 5) is 74.6. The number of halogens is 1. The van der Waals surface area contributed by atoms with Crippen LogP contribution in [0.1, 0.15) is 81.4 Å². The molecule has 5 amide bonds. The van der Waals surface area contributed by atoms with E-state index in [1.165, 1.54) is 0 Å². The molecule has 0 aliphatic carbocycles. The molecule has 4 aliphatic rings. The molecule has 6 rings (SSSR count). The van der Waals surface area contributed by atoms with Crippen LogP contribution in [-0.4, -0.2) is 144 Å². The first-order valence-electron chi connectivity index (χ1n) is 21.9.